The van der Waals surface area contributed by atoms with Crippen LogP contribution in [0, 0.1) is 27.7 Å². The number of pyridine rings is 2. The van der Waals surface area contributed by atoms with E-state index < -0.39 is 0 Å². The van der Waals surface area contributed by atoms with Gasteiger partial charge < -0.3 is 0 Å². The highest BCUT2D eigenvalue weighted by Gasteiger charge is 2.07. The molecule has 0 saturated carbocycles. The molecule has 2 nitrogen and oxygen atoms in total. The molecule has 0 radical (unpaired) electrons. The van der Waals surface area contributed by atoms with E-state index in [2.05, 4.69) is 152 Å². The Balaban J connectivity index is 0.000000179. The molecule has 6 rings (SSSR count). The van der Waals surface area contributed by atoms with Gasteiger partial charge in [-0.15, -0.1) is 0 Å². The molecule has 204 valence electrons. The van der Waals surface area contributed by atoms with Gasteiger partial charge in [0, 0.05) is 48.3 Å². The third-order valence-corrected chi connectivity index (χ3v) is 7.46. The lowest BCUT2D eigenvalue weighted by molar-refractivity contribution is 1.11. The molecule has 6 heteroatoms. The van der Waals surface area contributed by atoms with Crippen LogP contribution < -0.4 is 0 Å². The summed E-state index contributed by atoms with van der Waals surface area (Å²) < 4.78 is 3.34. The third kappa shape index (κ3) is 8.79. The van der Waals surface area contributed by atoms with Gasteiger partial charge in [0.1, 0.15) is 0 Å². The normalized spacial score (nSPS) is 10.2. The molecule has 2 heterocycles. The smallest absolute Gasteiger partial charge is 0.0780 e. The molecule has 0 fully saturated rings. The number of aryl methyl sites for hydroxylation is 4. The molecular weight excluding hydrogens is 695 g/mol. The van der Waals surface area contributed by atoms with Crippen molar-refractivity contribution in [3.05, 3.63) is 139 Å². The van der Waals surface area contributed by atoms with Gasteiger partial charge in [-0.2, -0.15) is 0 Å². The fraction of sp³-hybridized carbons (Fsp3) is 0.118. The van der Waals surface area contributed by atoms with Crippen LogP contribution in [0.4, 0.5) is 4.70 Å². The van der Waals surface area contributed by atoms with E-state index in [1.807, 2.05) is 30.6 Å². The molecule has 2 aromatic heterocycles. The van der Waals surface area contributed by atoms with Gasteiger partial charge in [0.25, 0.3) is 0 Å². The summed E-state index contributed by atoms with van der Waals surface area (Å²) in [4.78, 5) is 8.61. The van der Waals surface area contributed by atoms with Crippen molar-refractivity contribution < 1.29 is 4.70 Å². The predicted octanol–water partition coefficient (Wildman–Crippen LogP) is 11.5. The van der Waals surface area contributed by atoms with Crippen LogP contribution in [-0.2, 0) is 0 Å². The lowest BCUT2D eigenvalue weighted by Crippen LogP contribution is -1.88. The summed E-state index contributed by atoms with van der Waals surface area (Å²) in [5.41, 5.74) is 7.38. The first-order valence-corrected chi connectivity index (χ1v) is 14.9. The third-order valence-electron chi connectivity index (χ3n) is 6.01. The Morgan fingerprint density at radius 2 is 1.05 bits per heavy atom. The van der Waals surface area contributed by atoms with E-state index in [-0.39, 0.29) is 4.70 Å². The number of fused-ring (bicyclic) bond motifs is 2. The maximum Gasteiger partial charge on any atom is 0.0780 e. The second-order valence-corrected chi connectivity index (χ2v) is 12.3. The zero-order valence-corrected chi connectivity index (χ0v) is 27.5. The summed E-state index contributed by atoms with van der Waals surface area (Å²) in [5, 5.41) is 4.79. The lowest BCUT2D eigenvalue weighted by Gasteiger charge is -2.08. The molecule has 0 aliphatic heterocycles. The minimum absolute atomic E-state index is 0. The van der Waals surface area contributed by atoms with Crippen molar-refractivity contribution in [2.45, 2.75) is 27.7 Å². The molecule has 0 N–H and O–H groups in total. The number of hydrogen-bond donors (Lipinski definition) is 0. The number of rotatable bonds is 1. The molecule has 0 aliphatic carbocycles. The van der Waals surface area contributed by atoms with Crippen LogP contribution in [0.25, 0.3) is 32.8 Å². The molecule has 0 spiro atoms. The van der Waals surface area contributed by atoms with Crippen molar-refractivity contribution >= 4 is 69.3 Å². The summed E-state index contributed by atoms with van der Waals surface area (Å²) in [7, 11) is 0. The van der Waals surface area contributed by atoms with Gasteiger partial charge in [-0.3, -0.25) is 14.7 Å². The van der Waals surface area contributed by atoms with Crippen LogP contribution in [0.3, 0.4) is 0 Å². The van der Waals surface area contributed by atoms with E-state index in [1.54, 1.807) is 6.20 Å². The first-order valence-electron chi connectivity index (χ1n) is 12.5. The van der Waals surface area contributed by atoms with Crippen LogP contribution in [0.1, 0.15) is 22.3 Å². The minimum atomic E-state index is 0. The fourth-order valence-electron chi connectivity index (χ4n) is 4.46. The van der Waals surface area contributed by atoms with Gasteiger partial charge in [0.15, 0.2) is 0 Å². The summed E-state index contributed by atoms with van der Waals surface area (Å²) in [6, 6.07) is 29.5. The first-order chi connectivity index (χ1) is 18.7. The molecule has 0 bridgehead atoms. The molecular formula is C34H30Br3FN2. The first kappa shape index (κ1) is 31.6. The van der Waals surface area contributed by atoms with Crippen molar-refractivity contribution in [3.8, 4) is 11.3 Å². The molecule has 40 heavy (non-hydrogen) atoms. The average Bonchev–Trinajstić information content (AvgIpc) is 2.87. The summed E-state index contributed by atoms with van der Waals surface area (Å²) >= 11 is 10.4. The highest BCUT2D eigenvalue weighted by atomic mass is 79.9. The Kier molecular flexibility index (Phi) is 11.6. The van der Waals surface area contributed by atoms with Crippen LogP contribution in [0.5, 0.6) is 0 Å². The Labute approximate surface area is 260 Å². The van der Waals surface area contributed by atoms with Crippen molar-refractivity contribution in [1.82, 2.24) is 9.97 Å². The SMILES string of the molecule is Brc1ccc2ccncc2c1.Cc1cc(C)cc(-c2nccc3ccc(Br)cc23)c1.Cc1cc(C)cc(Br)c1.F. The van der Waals surface area contributed by atoms with Gasteiger partial charge in [0.05, 0.1) is 5.69 Å². The topological polar surface area (TPSA) is 25.8 Å². The largest absolute Gasteiger partial charge is 0.269 e. The van der Waals surface area contributed by atoms with E-state index in [4.69, 9.17) is 0 Å². The zero-order valence-electron chi connectivity index (χ0n) is 22.8. The van der Waals surface area contributed by atoms with Gasteiger partial charge >= 0.3 is 0 Å². The predicted molar refractivity (Wildman–Crippen MR) is 180 cm³/mol. The van der Waals surface area contributed by atoms with E-state index in [1.165, 1.54) is 53.8 Å². The number of aromatic nitrogens is 2. The zero-order chi connectivity index (χ0) is 27.9. The quantitative estimate of drug-likeness (QED) is 0.169. The Morgan fingerprint density at radius 1 is 0.500 bits per heavy atom. The number of halogens is 4. The average molecular weight is 725 g/mol. The molecule has 0 unspecified atom stereocenters. The maximum atomic E-state index is 4.58. The molecule has 0 saturated heterocycles. The van der Waals surface area contributed by atoms with Crippen LogP contribution in [0.2, 0.25) is 0 Å². The summed E-state index contributed by atoms with van der Waals surface area (Å²) in [6.45, 7) is 8.44. The second-order valence-electron chi connectivity index (χ2n) is 9.57. The molecule has 4 aromatic carbocycles. The van der Waals surface area contributed by atoms with Crippen molar-refractivity contribution in [2.24, 2.45) is 0 Å². The summed E-state index contributed by atoms with van der Waals surface area (Å²) in [5.74, 6) is 0. The maximum absolute atomic E-state index is 4.58. The van der Waals surface area contributed by atoms with Gasteiger partial charge in [-0.1, -0.05) is 83.2 Å². The number of hydrogen-bond acceptors (Lipinski definition) is 2. The molecule has 0 amide bonds. The number of benzene rings is 4. The van der Waals surface area contributed by atoms with Gasteiger partial charge in [-0.05, 0) is 110 Å². The Morgan fingerprint density at radius 3 is 1.68 bits per heavy atom. The van der Waals surface area contributed by atoms with E-state index in [9.17, 15) is 0 Å². The highest BCUT2D eigenvalue weighted by Crippen LogP contribution is 2.30. The number of nitrogens with zero attached hydrogens (tertiary/aromatic N) is 2. The standard InChI is InChI=1S/C17H14BrN.C9H6BrN.C8H9Br.FH/c1-11-7-12(2)9-14(8-11)17-16-10-15(18)4-3-13(16)5-6-19-17;10-9-2-1-7-3-4-11-6-8(7)5-9;1-6-3-7(2)5-8(9)4-6;/h3-10H,1-2H3;1-6H;3-5H,1-2H3;1H. The fourth-order valence-corrected chi connectivity index (χ4v) is 5.92. The van der Waals surface area contributed by atoms with Crippen molar-refractivity contribution in [2.75, 3.05) is 0 Å². The van der Waals surface area contributed by atoms with Crippen LogP contribution >= 0.6 is 47.8 Å². The van der Waals surface area contributed by atoms with Gasteiger partial charge in [-0.25, -0.2) is 0 Å². The molecule has 0 atom stereocenters. The monoisotopic (exact) mass is 722 g/mol. The van der Waals surface area contributed by atoms with Crippen molar-refractivity contribution in [3.63, 3.8) is 0 Å². The minimum Gasteiger partial charge on any atom is -0.269 e. The molecule has 6 aromatic rings. The Bertz CT molecular complexity index is 1680. The van der Waals surface area contributed by atoms with Crippen molar-refractivity contribution in [1.29, 1.82) is 0 Å². The second kappa shape index (κ2) is 14.6. The van der Waals surface area contributed by atoms with E-state index in [0.29, 0.717) is 0 Å². The highest BCUT2D eigenvalue weighted by molar-refractivity contribution is 9.11. The molecule has 0 aliphatic rings. The van der Waals surface area contributed by atoms with Crippen LogP contribution in [-0.4, -0.2) is 9.97 Å². The van der Waals surface area contributed by atoms with Crippen LogP contribution in [0.15, 0.2) is 117 Å². The van der Waals surface area contributed by atoms with Gasteiger partial charge in [0.2, 0.25) is 0 Å². The lowest BCUT2D eigenvalue weighted by atomic mass is 10.0. The van der Waals surface area contributed by atoms with E-state index in [0.717, 1.165) is 14.6 Å². The summed E-state index contributed by atoms with van der Waals surface area (Å²) in [6.07, 6.45) is 5.54. The Hall–Kier alpha value is -2.93. The van der Waals surface area contributed by atoms with E-state index >= 15 is 0 Å².